The van der Waals surface area contributed by atoms with Gasteiger partial charge in [0.2, 0.25) is 8.07 Å². The topological polar surface area (TPSA) is 43.6 Å². The summed E-state index contributed by atoms with van der Waals surface area (Å²) in [6.45, 7) is 2.10. The van der Waals surface area contributed by atoms with Crippen LogP contribution in [0.4, 0.5) is 0 Å². The Hall–Kier alpha value is -5.65. The van der Waals surface area contributed by atoms with Gasteiger partial charge in [-0.15, -0.1) is 0 Å². The van der Waals surface area contributed by atoms with Crippen molar-refractivity contribution in [2.75, 3.05) is 0 Å². The number of benzene rings is 5. The van der Waals surface area contributed by atoms with E-state index in [2.05, 4.69) is 157 Å². The molecule has 214 valence electrons. The molecule has 0 aliphatic carbocycles. The number of hydrogen-bond donors (Lipinski definition) is 0. The van der Waals surface area contributed by atoms with Gasteiger partial charge in [0.05, 0.1) is 28.0 Å². The molecule has 3 heterocycles. The van der Waals surface area contributed by atoms with Crippen LogP contribution in [0.1, 0.15) is 5.69 Å². The van der Waals surface area contributed by atoms with E-state index >= 15 is 0 Å². The van der Waals surface area contributed by atoms with Crippen LogP contribution in [0.3, 0.4) is 0 Å². The molecule has 0 aliphatic rings. The highest BCUT2D eigenvalue weighted by molar-refractivity contribution is 7.19. The molecule has 45 heavy (non-hydrogen) atoms. The van der Waals surface area contributed by atoms with E-state index in [1.54, 1.807) is 0 Å². The normalized spacial score (nSPS) is 11.7. The molecule has 5 heteroatoms. The molecule has 3 aromatic heterocycles. The first-order valence-electron chi connectivity index (χ1n) is 15.2. The molecule has 0 atom stereocenters. The van der Waals surface area contributed by atoms with Gasteiger partial charge in [-0.2, -0.15) is 0 Å². The number of aromatic nitrogens is 4. The van der Waals surface area contributed by atoms with E-state index in [0.29, 0.717) is 0 Å². The molecule has 4 nitrogen and oxygen atoms in total. The Kier molecular flexibility index (Phi) is 6.66. The average molecular weight is 595 g/mol. The molecule has 8 aromatic rings. The lowest BCUT2D eigenvalue weighted by atomic mass is 10.1. The van der Waals surface area contributed by atoms with Crippen LogP contribution in [0.15, 0.2) is 164 Å². The highest BCUT2D eigenvalue weighted by Gasteiger charge is 2.45. The quantitative estimate of drug-likeness (QED) is 0.167. The van der Waals surface area contributed by atoms with Gasteiger partial charge in [-0.25, -0.2) is 9.97 Å². The van der Waals surface area contributed by atoms with Crippen molar-refractivity contribution in [2.24, 2.45) is 0 Å². The maximum Gasteiger partial charge on any atom is 0.226 e. The van der Waals surface area contributed by atoms with Crippen molar-refractivity contribution < 1.29 is 0 Å². The van der Waals surface area contributed by atoms with Gasteiger partial charge in [-0.05, 0) is 46.7 Å². The van der Waals surface area contributed by atoms with E-state index < -0.39 is 8.07 Å². The average Bonchev–Trinajstić information content (AvgIpc) is 3.45. The third-order valence-corrected chi connectivity index (χ3v) is 13.2. The minimum Gasteiger partial charge on any atom is -0.293 e. The zero-order valence-corrected chi connectivity index (χ0v) is 25.9. The Morgan fingerprint density at radius 3 is 1.44 bits per heavy atom. The summed E-state index contributed by atoms with van der Waals surface area (Å²) in [5, 5.41) is 6.09. The van der Waals surface area contributed by atoms with Gasteiger partial charge < -0.3 is 0 Å². The van der Waals surface area contributed by atoms with Crippen molar-refractivity contribution in [3.8, 4) is 17.1 Å². The number of rotatable bonds is 6. The van der Waals surface area contributed by atoms with Crippen molar-refractivity contribution in [1.29, 1.82) is 0 Å². The van der Waals surface area contributed by atoms with Crippen LogP contribution in [0.5, 0.6) is 0 Å². The second-order valence-corrected chi connectivity index (χ2v) is 14.9. The predicted molar refractivity (Wildman–Crippen MR) is 188 cm³/mol. The molecule has 0 N–H and O–H groups in total. The predicted octanol–water partition coefficient (Wildman–Crippen LogP) is 6.32. The Morgan fingerprint density at radius 1 is 0.489 bits per heavy atom. The summed E-state index contributed by atoms with van der Waals surface area (Å²) in [7, 11) is -2.99. The van der Waals surface area contributed by atoms with E-state index in [1.807, 2.05) is 18.3 Å². The second kappa shape index (κ2) is 11.1. The molecule has 0 saturated heterocycles. The number of pyridine rings is 1. The zero-order valence-electron chi connectivity index (χ0n) is 24.9. The molecule has 0 amide bonds. The lowest BCUT2D eigenvalue weighted by molar-refractivity contribution is 1.04. The largest absolute Gasteiger partial charge is 0.293 e. The highest BCUT2D eigenvalue weighted by Crippen LogP contribution is 2.35. The molecular formula is C40H30N4Si. The molecule has 0 saturated carbocycles. The Morgan fingerprint density at radius 2 is 0.956 bits per heavy atom. The lowest BCUT2D eigenvalue weighted by Crippen LogP contribution is -2.76. The number of fused-ring (bicyclic) bond motifs is 3. The number of para-hydroxylation sites is 2. The van der Waals surface area contributed by atoms with E-state index in [-0.39, 0.29) is 0 Å². The second-order valence-electron chi connectivity index (χ2n) is 11.3. The molecule has 8 rings (SSSR count). The van der Waals surface area contributed by atoms with Crippen LogP contribution < -0.4 is 21.0 Å². The van der Waals surface area contributed by atoms with Crippen LogP contribution in [-0.2, 0) is 0 Å². The molecule has 0 spiro atoms. The summed E-state index contributed by atoms with van der Waals surface area (Å²) in [5.74, 6) is 0.841. The standard InChI is InChI=1S/C40H30N4Si/c1-29-38(35-25-15-16-28-41-35)39(44-36-26-13-11-23-33(36)34-24-12-14-27-37(34)44)43-40(42-29)45(30-17-5-2-6-18-30,31-19-7-3-8-20-31)32-21-9-4-10-22-32/h2-28H,1H3. The summed E-state index contributed by atoms with van der Waals surface area (Å²) < 4.78 is 2.31. The molecule has 0 unspecified atom stereocenters. The van der Waals surface area contributed by atoms with Gasteiger partial charge in [0.1, 0.15) is 5.45 Å². The van der Waals surface area contributed by atoms with Gasteiger partial charge >= 0.3 is 0 Å². The summed E-state index contributed by atoms with van der Waals surface area (Å²) in [5.41, 5.74) is 5.74. The van der Waals surface area contributed by atoms with Crippen molar-refractivity contribution >= 4 is 50.9 Å². The van der Waals surface area contributed by atoms with Gasteiger partial charge in [0.25, 0.3) is 0 Å². The number of nitrogens with zero attached hydrogens (tertiary/aromatic N) is 4. The van der Waals surface area contributed by atoms with Gasteiger partial charge in [0.15, 0.2) is 5.82 Å². The summed E-state index contributed by atoms with van der Waals surface area (Å²) in [6, 6.07) is 55.7. The maximum absolute atomic E-state index is 5.73. The minimum absolute atomic E-state index is 0.841. The molecular weight excluding hydrogens is 565 g/mol. The summed E-state index contributed by atoms with van der Waals surface area (Å²) in [4.78, 5) is 16.0. The fraction of sp³-hybridized carbons (Fsp3) is 0.0250. The molecule has 0 bridgehead atoms. The van der Waals surface area contributed by atoms with Crippen molar-refractivity contribution in [2.45, 2.75) is 6.92 Å². The summed E-state index contributed by atoms with van der Waals surface area (Å²) in [6.07, 6.45) is 1.84. The van der Waals surface area contributed by atoms with Gasteiger partial charge in [-0.1, -0.05) is 133 Å². The van der Waals surface area contributed by atoms with E-state index in [4.69, 9.17) is 15.0 Å². The molecule has 0 aliphatic heterocycles. The smallest absolute Gasteiger partial charge is 0.226 e. The first-order valence-corrected chi connectivity index (χ1v) is 17.2. The van der Waals surface area contributed by atoms with Crippen LogP contribution in [0.2, 0.25) is 0 Å². The van der Waals surface area contributed by atoms with Crippen LogP contribution in [0.25, 0.3) is 38.9 Å². The maximum atomic E-state index is 5.73. The number of aryl methyl sites for hydroxylation is 1. The lowest BCUT2D eigenvalue weighted by Gasteiger charge is -2.33. The number of hydrogen-bond acceptors (Lipinski definition) is 3. The fourth-order valence-electron chi connectivity index (χ4n) is 6.80. The third-order valence-electron chi connectivity index (χ3n) is 8.74. The van der Waals surface area contributed by atoms with Crippen LogP contribution in [-0.4, -0.2) is 27.6 Å². The molecule has 5 aromatic carbocycles. The third kappa shape index (κ3) is 4.32. The zero-order chi connectivity index (χ0) is 30.2. The summed E-state index contributed by atoms with van der Waals surface area (Å²) >= 11 is 0. The van der Waals surface area contributed by atoms with E-state index in [0.717, 1.165) is 39.3 Å². The van der Waals surface area contributed by atoms with E-state index in [9.17, 15) is 0 Å². The van der Waals surface area contributed by atoms with Crippen molar-refractivity contribution in [1.82, 2.24) is 19.5 Å². The molecule has 0 fully saturated rings. The fourth-order valence-corrected chi connectivity index (χ4v) is 11.3. The SMILES string of the molecule is Cc1nc([Si](c2ccccc2)(c2ccccc2)c2ccccc2)nc(-n2c3ccccc3c3ccccc32)c1-c1ccccn1. The molecule has 0 radical (unpaired) electrons. The highest BCUT2D eigenvalue weighted by atomic mass is 28.3. The van der Waals surface area contributed by atoms with E-state index in [1.165, 1.54) is 26.3 Å². The minimum atomic E-state index is -2.99. The first kappa shape index (κ1) is 26.9. The van der Waals surface area contributed by atoms with Crippen molar-refractivity contribution in [3.63, 3.8) is 0 Å². The van der Waals surface area contributed by atoms with Crippen LogP contribution >= 0.6 is 0 Å². The Labute approximate surface area is 263 Å². The monoisotopic (exact) mass is 594 g/mol. The first-order chi connectivity index (χ1) is 22.3. The van der Waals surface area contributed by atoms with Gasteiger partial charge in [-0.3, -0.25) is 9.55 Å². The van der Waals surface area contributed by atoms with Gasteiger partial charge in [0, 0.05) is 17.0 Å². The van der Waals surface area contributed by atoms with Crippen molar-refractivity contribution in [3.05, 3.63) is 170 Å². The van der Waals surface area contributed by atoms with Crippen LogP contribution in [0, 0.1) is 6.92 Å². The Balaban J connectivity index is 1.56. The Bertz CT molecular complexity index is 2120.